The number of nitrogens with zero attached hydrogens (tertiary/aromatic N) is 2. The van der Waals surface area contributed by atoms with E-state index in [9.17, 15) is 0 Å². The summed E-state index contributed by atoms with van der Waals surface area (Å²) in [6.45, 7) is 7.69. The van der Waals surface area contributed by atoms with Gasteiger partial charge in [0.2, 0.25) is 0 Å². The fraction of sp³-hybridized carbons (Fsp3) is 0.750. The van der Waals surface area contributed by atoms with Crippen molar-refractivity contribution in [2.75, 3.05) is 6.54 Å². The van der Waals surface area contributed by atoms with Gasteiger partial charge in [-0.15, -0.1) is 0 Å². The van der Waals surface area contributed by atoms with Crippen molar-refractivity contribution in [3.63, 3.8) is 0 Å². The highest BCUT2D eigenvalue weighted by molar-refractivity contribution is 5.11. The van der Waals surface area contributed by atoms with Gasteiger partial charge >= 0.3 is 0 Å². The second kappa shape index (κ2) is 5.91. The van der Waals surface area contributed by atoms with Crippen LogP contribution in [0.15, 0.2) is 12.4 Å². The molecule has 15 heavy (non-hydrogen) atoms. The van der Waals surface area contributed by atoms with Gasteiger partial charge in [-0.3, -0.25) is 4.68 Å². The molecule has 1 unspecified atom stereocenters. The van der Waals surface area contributed by atoms with Gasteiger partial charge in [0.05, 0.1) is 6.20 Å². The highest BCUT2D eigenvalue weighted by Crippen LogP contribution is 2.26. The minimum Gasteiger partial charge on any atom is -0.310 e. The van der Waals surface area contributed by atoms with E-state index in [1.807, 2.05) is 17.9 Å². The Kier molecular flexibility index (Phi) is 4.82. The Hall–Kier alpha value is -0.830. The number of aromatic nitrogens is 2. The van der Waals surface area contributed by atoms with Gasteiger partial charge in [-0.1, -0.05) is 33.6 Å². The molecule has 0 fully saturated rings. The van der Waals surface area contributed by atoms with Crippen LogP contribution in [-0.2, 0) is 7.05 Å². The minimum atomic E-state index is 0.457. The summed E-state index contributed by atoms with van der Waals surface area (Å²) in [5.41, 5.74) is 1.31. The topological polar surface area (TPSA) is 29.9 Å². The van der Waals surface area contributed by atoms with Gasteiger partial charge in [0.1, 0.15) is 0 Å². The number of rotatable bonds is 6. The molecule has 0 aliphatic heterocycles. The molecule has 0 aliphatic rings. The Morgan fingerprint density at radius 2 is 2.00 bits per heavy atom. The van der Waals surface area contributed by atoms with Gasteiger partial charge in [0.25, 0.3) is 0 Å². The van der Waals surface area contributed by atoms with Crippen molar-refractivity contribution in [3.05, 3.63) is 18.0 Å². The van der Waals surface area contributed by atoms with E-state index in [1.165, 1.54) is 18.4 Å². The largest absolute Gasteiger partial charge is 0.310 e. The third kappa shape index (κ3) is 3.06. The molecule has 0 saturated carbocycles. The summed E-state index contributed by atoms with van der Waals surface area (Å²) in [5, 5.41) is 7.81. The molecule has 1 rings (SSSR count). The van der Waals surface area contributed by atoms with E-state index in [4.69, 9.17) is 0 Å². The molecule has 0 aromatic carbocycles. The first-order valence-electron chi connectivity index (χ1n) is 5.94. The predicted octanol–water partition coefficient (Wildman–Crippen LogP) is 2.51. The summed E-state index contributed by atoms with van der Waals surface area (Å²) >= 11 is 0. The van der Waals surface area contributed by atoms with Crippen molar-refractivity contribution in [1.29, 1.82) is 0 Å². The van der Waals surface area contributed by atoms with Gasteiger partial charge in [0, 0.05) is 24.8 Å². The molecule has 1 N–H and O–H groups in total. The molecule has 1 aromatic rings. The SMILES string of the molecule is CCNC(c1cnn(C)c1)C(CC)CC. The van der Waals surface area contributed by atoms with Gasteiger partial charge < -0.3 is 5.32 Å². The minimum absolute atomic E-state index is 0.457. The molecule has 0 radical (unpaired) electrons. The molecule has 1 aromatic heterocycles. The maximum absolute atomic E-state index is 4.25. The van der Waals surface area contributed by atoms with E-state index < -0.39 is 0 Å². The molecule has 1 heterocycles. The predicted molar refractivity (Wildman–Crippen MR) is 63.7 cm³/mol. The third-order valence-electron chi connectivity index (χ3n) is 3.03. The van der Waals surface area contributed by atoms with Crippen LogP contribution in [0.5, 0.6) is 0 Å². The highest BCUT2D eigenvalue weighted by Gasteiger charge is 2.20. The van der Waals surface area contributed by atoms with Gasteiger partial charge in [-0.05, 0) is 12.5 Å². The van der Waals surface area contributed by atoms with Crippen LogP contribution in [-0.4, -0.2) is 16.3 Å². The Labute approximate surface area is 92.9 Å². The zero-order valence-corrected chi connectivity index (χ0v) is 10.3. The average Bonchev–Trinajstić information content (AvgIpc) is 2.65. The lowest BCUT2D eigenvalue weighted by molar-refractivity contribution is 0.346. The van der Waals surface area contributed by atoms with E-state index in [2.05, 4.69) is 37.4 Å². The lowest BCUT2D eigenvalue weighted by Crippen LogP contribution is -2.27. The molecular formula is C12H23N3. The highest BCUT2D eigenvalue weighted by atomic mass is 15.2. The van der Waals surface area contributed by atoms with Crippen molar-refractivity contribution in [1.82, 2.24) is 15.1 Å². The Bertz CT molecular complexity index is 276. The second-order valence-electron chi connectivity index (χ2n) is 4.06. The first-order valence-corrected chi connectivity index (χ1v) is 5.94. The van der Waals surface area contributed by atoms with Crippen LogP contribution in [0.3, 0.4) is 0 Å². The van der Waals surface area contributed by atoms with E-state index >= 15 is 0 Å². The van der Waals surface area contributed by atoms with Crippen LogP contribution in [0.1, 0.15) is 45.2 Å². The quantitative estimate of drug-likeness (QED) is 0.780. The second-order valence-corrected chi connectivity index (χ2v) is 4.06. The van der Waals surface area contributed by atoms with Gasteiger partial charge in [0.15, 0.2) is 0 Å². The Balaban J connectivity index is 2.81. The molecule has 3 nitrogen and oxygen atoms in total. The maximum atomic E-state index is 4.25. The Morgan fingerprint density at radius 3 is 2.40 bits per heavy atom. The average molecular weight is 209 g/mol. The molecule has 0 amide bonds. The number of hydrogen-bond donors (Lipinski definition) is 1. The number of hydrogen-bond acceptors (Lipinski definition) is 2. The van der Waals surface area contributed by atoms with Crippen LogP contribution < -0.4 is 5.32 Å². The van der Waals surface area contributed by atoms with Crippen molar-refractivity contribution in [2.45, 2.75) is 39.7 Å². The fourth-order valence-electron chi connectivity index (χ4n) is 2.14. The summed E-state index contributed by atoms with van der Waals surface area (Å²) in [6.07, 6.45) is 6.52. The number of nitrogens with one attached hydrogen (secondary N) is 1. The maximum Gasteiger partial charge on any atom is 0.0537 e. The van der Waals surface area contributed by atoms with E-state index in [0.717, 1.165) is 6.54 Å². The smallest absolute Gasteiger partial charge is 0.0537 e. The van der Waals surface area contributed by atoms with Crippen molar-refractivity contribution >= 4 is 0 Å². The van der Waals surface area contributed by atoms with Crippen LogP contribution in [0.4, 0.5) is 0 Å². The Morgan fingerprint density at radius 1 is 1.33 bits per heavy atom. The molecule has 0 spiro atoms. The summed E-state index contributed by atoms with van der Waals surface area (Å²) in [4.78, 5) is 0. The van der Waals surface area contributed by atoms with Crippen LogP contribution in [0, 0.1) is 5.92 Å². The zero-order chi connectivity index (χ0) is 11.3. The van der Waals surface area contributed by atoms with Crippen molar-refractivity contribution < 1.29 is 0 Å². The van der Waals surface area contributed by atoms with Crippen LogP contribution in [0.25, 0.3) is 0 Å². The molecule has 1 atom stereocenters. The lowest BCUT2D eigenvalue weighted by atomic mass is 9.90. The molecular weight excluding hydrogens is 186 g/mol. The molecule has 0 saturated heterocycles. The molecule has 3 heteroatoms. The molecule has 0 bridgehead atoms. The van der Waals surface area contributed by atoms with Gasteiger partial charge in [-0.2, -0.15) is 5.10 Å². The zero-order valence-electron chi connectivity index (χ0n) is 10.3. The molecule has 86 valence electrons. The van der Waals surface area contributed by atoms with E-state index in [1.54, 1.807) is 0 Å². The van der Waals surface area contributed by atoms with Crippen LogP contribution in [0.2, 0.25) is 0 Å². The van der Waals surface area contributed by atoms with Crippen molar-refractivity contribution in [3.8, 4) is 0 Å². The normalized spacial score (nSPS) is 13.4. The van der Waals surface area contributed by atoms with Crippen molar-refractivity contribution in [2.24, 2.45) is 13.0 Å². The summed E-state index contributed by atoms with van der Waals surface area (Å²) in [5.74, 6) is 0.703. The third-order valence-corrected chi connectivity index (χ3v) is 3.03. The first kappa shape index (κ1) is 12.2. The summed E-state index contributed by atoms with van der Waals surface area (Å²) < 4.78 is 1.88. The first-order chi connectivity index (χ1) is 7.22. The fourth-order valence-corrected chi connectivity index (χ4v) is 2.14. The number of aryl methyl sites for hydroxylation is 1. The lowest BCUT2D eigenvalue weighted by Gasteiger charge is -2.25. The standard InChI is InChI=1S/C12H23N3/c1-5-10(6-2)12(13-7-3)11-8-14-15(4)9-11/h8-10,12-13H,5-7H2,1-4H3. The molecule has 0 aliphatic carbocycles. The van der Waals surface area contributed by atoms with E-state index in [-0.39, 0.29) is 0 Å². The monoisotopic (exact) mass is 209 g/mol. The van der Waals surface area contributed by atoms with Gasteiger partial charge in [-0.25, -0.2) is 0 Å². The summed E-state index contributed by atoms with van der Waals surface area (Å²) in [7, 11) is 1.97. The van der Waals surface area contributed by atoms with Crippen LogP contribution >= 0.6 is 0 Å². The van der Waals surface area contributed by atoms with E-state index in [0.29, 0.717) is 12.0 Å². The summed E-state index contributed by atoms with van der Waals surface area (Å²) in [6, 6.07) is 0.457.